The lowest BCUT2D eigenvalue weighted by atomic mass is 9.85. The molecule has 0 N–H and O–H groups in total. The molecule has 1 saturated heterocycles. The van der Waals surface area contributed by atoms with Crippen LogP contribution < -0.4 is 0 Å². The van der Waals surface area contributed by atoms with Crippen LogP contribution in [0.1, 0.15) is 43.2 Å². The van der Waals surface area contributed by atoms with E-state index in [-0.39, 0.29) is 11.6 Å². The molecule has 1 heterocycles. The van der Waals surface area contributed by atoms with Gasteiger partial charge in [0.05, 0.1) is 0 Å². The summed E-state index contributed by atoms with van der Waals surface area (Å²) in [6.07, 6.45) is 5.92. The molecule has 0 radical (unpaired) electrons. The van der Waals surface area contributed by atoms with Gasteiger partial charge in [0, 0.05) is 12.8 Å². The summed E-state index contributed by atoms with van der Waals surface area (Å²) in [5.74, 6) is -0.0308. The van der Waals surface area contributed by atoms with Gasteiger partial charge in [-0.25, -0.2) is 0 Å². The van der Waals surface area contributed by atoms with E-state index in [0.29, 0.717) is 6.42 Å². The Morgan fingerprint density at radius 1 is 1.06 bits per heavy atom. The smallest absolute Gasteiger partial charge is 0.306 e. The summed E-state index contributed by atoms with van der Waals surface area (Å²) >= 11 is 0. The van der Waals surface area contributed by atoms with Crippen molar-refractivity contribution in [2.45, 2.75) is 44.1 Å². The lowest BCUT2D eigenvalue weighted by molar-refractivity contribution is -0.149. The Hall–Kier alpha value is -1.31. The Labute approximate surface area is 95.6 Å². The fourth-order valence-corrected chi connectivity index (χ4v) is 3.03. The van der Waals surface area contributed by atoms with Crippen molar-refractivity contribution in [3.05, 3.63) is 35.4 Å². The quantitative estimate of drug-likeness (QED) is 0.623. The standard InChI is InChI=1S/C14H16O2/c15-13-8-10-14(16-13)9-4-3-6-11-5-1-2-7-12(11)14/h1-2,5,7H,3-4,6,8-10H2. The van der Waals surface area contributed by atoms with Crippen LogP contribution in [-0.4, -0.2) is 5.97 Å². The van der Waals surface area contributed by atoms with Gasteiger partial charge in [0.2, 0.25) is 0 Å². The maximum absolute atomic E-state index is 11.4. The molecular formula is C14H16O2. The first-order valence-electron chi connectivity index (χ1n) is 6.10. The molecule has 1 atom stereocenters. The minimum atomic E-state index is -0.288. The van der Waals surface area contributed by atoms with Crippen LogP contribution in [0.3, 0.4) is 0 Å². The van der Waals surface area contributed by atoms with Crippen molar-refractivity contribution in [2.75, 3.05) is 0 Å². The number of rotatable bonds is 0. The molecule has 2 aliphatic rings. The number of aryl methyl sites for hydroxylation is 1. The minimum Gasteiger partial charge on any atom is -0.454 e. The van der Waals surface area contributed by atoms with Crippen LogP contribution >= 0.6 is 0 Å². The SMILES string of the molecule is O=C1CCC2(CCCCc3ccccc32)O1. The second kappa shape index (κ2) is 3.62. The van der Waals surface area contributed by atoms with Crippen molar-refractivity contribution in [1.82, 2.24) is 0 Å². The largest absolute Gasteiger partial charge is 0.454 e. The molecule has 84 valence electrons. The summed E-state index contributed by atoms with van der Waals surface area (Å²) < 4.78 is 5.66. The highest BCUT2D eigenvalue weighted by atomic mass is 16.6. The predicted molar refractivity (Wildman–Crippen MR) is 61.0 cm³/mol. The summed E-state index contributed by atoms with van der Waals surface area (Å²) in [5.41, 5.74) is 2.34. The summed E-state index contributed by atoms with van der Waals surface area (Å²) in [7, 11) is 0. The number of hydrogen-bond donors (Lipinski definition) is 0. The molecule has 0 saturated carbocycles. The monoisotopic (exact) mass is 216 g/mol. The molecule has 0 amide bonds. The average molecular weight is 216 g/mol. The summed E-state index contributed by atoms with van der Waals surface area (Å²) in [5, 5.41) is 0. The topological polar surface area (TPSA) is 26.3 Å². The lowest BCUT2D eigenvalue weighted by Crippen LogP contribution is -2.25. The molecular weight excluding hydrogens is 200 g/mol. The van der Waals surface area contributed by atoms with Crippen LogP contribution in [0.4, 0.5) is 0 Å². The molecule has 0 bridgehead atoms. The Morgan fingerprint density at radius 3 is 2.75 bits per heavy atom. The van der Waals surface area contributed by atoms with Crippen LogP contribution in [0.2, 0.25) is 0 Å². The van der Waals surface area contributed by atoms with Crippen LogP contribution in [0.15, 0.2) is 24.3 Å². The molecule has 1 aromatic carbocycles. The van der Waals surface area contributed by atoms with E-state index < -0.39 is 0 Å². The fourth-order valence-electron chi connectivity index (χ4n) is 3.03. The van der Waals surface area contributed by atoms with E-state index in [2.05, 4.69) is 24.3 Å². The number of benzene rings is 1. The van der Waals surface area contributed by atoms with E-state index in [9.17, 15) is 4.79 Å². The zero-order valence-corrected chi connectivity index (χ0v) is 9.37. The number of carbonyl (C=O) groups is 1. The highest BCUT2D eigenvalue weighted by molar-refractivity contribution is 5.72. The maximum Gasteiger partial charge on any atom is 0.306 e. The van der Waals surface area contributed by atoms with Crippen molar-refractivity contribution in [3.8, 4) is 0 Å². The second-order valence-electron chi connectivity index (χ2n) is 4.83. The van der Waals surface area contributed by atoms with Gasteiger partial charge in [-0.15, -0.1) is 0 Å². The number of fused-ring (bicyclic) bond motifs is 2. The van der Waals surface area contributed by atoms with Gasteiger partial charge in [0.1, 0.15) is 5.60 Å². The van der Waals surface area contributed by atoms with E-state index in [1.807, 2.05) is 0 Å². The van der Waals surface area contributed by atoms with Crippen LogP contribution in [0.5, 0.6) is 0 Å². The number of ether oxygens (including phenoxy) is 1. The number of hydrogen-bond acceptors (Lipinski definition) is 2. The highest BCUT2D eigenvalue weighted by Crippen LogP contribution is 2.44. The zero-order chi connectivity index (χ0) is 11.0. The maximum atomic E-state index is 11.4. The summed E-state index contributed by atoms with van der Waals surface area (Å²) in [6.45, 7) is 0. The molecule has 1 aliphatic carbocycles. The van der Waals surface area contributed by atoms with Gasteiger partial charge in [-0.1, -0.05) is 24.3 Å². The van der Waals surface area contributed by atoms with Gasteiger partial charge in [0.25, 0.3) is 0 Å². The average Bonchev–Trinajstić information content (AvgIpc) is 2.58. The third-order valence-electron chi connectivity index (χ3n) is 3.83. The molecule has 1 aromatic rings. The van der Waals surface area contributed by atoms with Crippen molar-refractivity contribution < 1.29 is 9.53 Å². The van der Waals surface area contributed by atoms with Crippen LogP contribution in [0.25, 0.3) is 0 Å². The molecule has 16 heavy (non-hydrogen) atoms. The molecule has 1 fully saturated rings. The van der Waals surface area contributed by atoms with Gasteiger partial charge in [0.15, 0.2) is 0 Å². The third kappa shape index (κ3) is 1.44. The zero-order valence-electron chi connectivity index (χ0n) is 9.37. The number of carbonyl (C=O) groups excluding carboxylic acids is 1. The van der Waals surface area contributed by atoms with Gasteiger partial charge in [-0.3, -0.25) is 4.79 Å². The summed E-state index contributed by atoms with van der Waals surface area (Å²) in [6, 6.07) is 8.44. The Morgan fingerprint density at radius 2 is 1.94 bits per heavy atom. The minimum absolute atomic E-state index is 0.0308. The van der Waals surface area contributed by atoms with Crippen LogP contribution in [-0.2, 0) is 21.6 Å². The molecule has 2 heteroatoms. The van der Waals surface area contributed by atoms with Gasteiger partial charge < -0.3 is 4.74 Å². The Balaban J connectivity index is 2.09. The van der Waals surface area contributed by atoms with Gasteiger partial charge in [-0.05, 0) is 36.8 Å². The van der Waals surface area contributed by atoms with Crippen LogP contribution in [0, 0.1) is 0 Å². The first-order chi connectivity index (χ1) is 7.80. The second-order valence-corrected chi connectivity index (χ2v) is 4.83. The van der Waals surface area contributed by atoms with E-state index in [1.54, 1.807) is 0 Å². The van der Waals surface area contributed by atoms with Gasteiger partial charge >= 0.3 is 5.97 Å². The van der Waals surface area contributed by atoms with E-state index in [1.165, 1.54) is 17.5 Å². The van der Waals surface area contributed by atoms with E-state index in [4.69, 9.17) is 4.74 Å². The lowest BCUT2D eigenvalue weighted by Gasteiger charge is -2.28. The highest BCUT2D eigenvalue weighted by Gasteiger charge is 2.43. The van der Waals surface area contributed by atoms with Crippen molar-refractivity contribution in [2.24, 2.45) is 0 Å². The molecule has 0 aromatic heterocycles. The predicted octanol–water partition coefficient (Wildman–Crippen LogP) is 2.95. The normalized spacial score (nSPS) is 28.6. The third-order valence-corrected chi connectivity index (χ3v) is 3.83. The van der Waals surface area contributed by atoms with E-state index in [0.717, 1.165) is 25.7 Å². The molecule has 2 nitrogen and oxygen atoms in total. The number of esters is 1. The summed E-state index contributed by atoms with van der Waals surface area (Å²) in [4.78, 5) is 11.4. The Kier molecular flexibility index (Phi) is 2.23. The first kappa shape index (κ1) is 9.88. The molecule has 1 aliphatic heterocycles. The van der Waals surface area contributed by atoms with Crippen molar-refractivity contribution in [1.29, 1.82) is 0 Å². The first-order valence-corrected chi connectivity index (χ1v) is 6.10. The Bertz CT molecular complexity index is 424. The van der Waals surface area contributed by atoms with Gasteiger partial charge in [-0.2, -0.15) is 0 Å². The van der Waals surface area contributed by atoms with E-state index >= 15 is 0 Å². The molecule has 3 rings (SSSR count). The molecule has 1 spiro atoms. The van der Waals surface area contributed by atoms with Crippen molar-refractivity contribution in [3.63, 3.8) is 0 Å². The molecule has 1 unspecified atom stereocenters. The van der Waals surface area contributed by atoms with Crippen molar-refractivity contribution >= 4 is 5.97 Å². The fraction of sp³-hybridized carbons (Fsp3) is 0.500.